The van der Waals surface area contributed by atoms with Gasteiger partial charge in [-0.3, -0.25) is 0 Å². The van der Waals surface area contributed by atoms with E-state index in [0.29, 0.717) is 19.1 Å². The second-order valence-corrected chi connectivity index (χ2v) is 4.05. The highest BCUT2D eigenvalue weighted by Gasteiger charge is 2.15. The van der Waals surface area contributed by atoms with E-state index in [1.807, 2.05) is 18.2 Å². The van der Waals surface area contributed by atoms with Crippen LogP contribution in [0.25, 0.3) is 0 Å². The maximum atomic E-state index is 8.89. The molecule has 3 heteroatoms. The van der Waals surface area contributed by atoms with Crippen molar-refractivity contribution in [3.8, 4) is 6.07 Å². The van der Waals surface area contributed by atoms with Crippen LogP contribution >= 0.6 is 0 Å². The lowest BCUT2D eigenvalue weighted by Gasteiger charge is -2.23. The van der Waals surface area contributed by atoms with Crippen LogP contribution in [0, 0.1) is 11.3 Å². The molecule has 3 nitrogen and oxygen atoms in total. The maximum Gasteiger partial charge on any atom is 0.0641 e. The summed E-state index contributed by atoms with van der Waals surface area (Å²) in [5.41, 5.74) is 1.16. The Labute approximate surface area is 103 Å². The molecule has 0 radical (unpaired) electrons. The van der Waals surface area contributed by atoms with Crippen LogP contribution in [0.3, 0.4) is 0 Å². The van der Waals surface area contributed by atoms with Crippen molar-refractivity contribution in [1.29, 1.82) is 5.26 Å². The fourth-order valence-electron chi connectivity index (χ4n) is 1.82. The zero-order valence-corrected chi connectivity index (χ0v) is 10.5. The monoisotopic (exact) mass is 232 g/mol. The maximum absolute atomic E-state index is 8.89. The van der Waals surface area contributed by atoms with Gasteiger partial charge in [0, 0.05) is 19.2 Å². The second kappa shape index (κ2) is 7.83. The molecular formula is C14H20N2O. The summed E-state index contributed by atoms with van der Waals surface area (Å²) in [6.07, 6.45) is 1.47. The number of ether oxygens (including phenoxy) is 1. The molecule has 1 aromatic rings. The molecule has 0 bridgehead atoms. The summed E-state index contributed by atoms with van der Waals surface area (Å²) in [6, 6.07) is 12.7. The van der Waals surface area contributed by atoms with Crippen LogP contribution in [0.15, 0.2) is 30.3 Å². The van der Waals surface area contributed by atoms with E-state index in [-0.39, 0.29) is 6.04 Å². The number of benzene rings is 1. The zero-order chi connectivity index (χ0) is 12.5. The van der Waals surface area contributed by atoms with Crippen LogP contribution in [-0.2, 0) is 4.74 Å². The highest BCUT2D eigenvalue weighted by molar-refractivity contribution is 5.20. The molecule has 0 aliphatic rings. The Bertz CT molecular complexity index is 345. The molecule has 0 saturated carbocycles. The molecule has 17 heavy (non-hydrogen) atoms. The third-order valence-corrected chi connectivity index (χ3v) is 2.79. The van der Waals surface area contributed by atoms with Crippen LogP contribution in [0.5, 0.6) is 0 Å². The first-order valence-corrected chi connectivity index (χ1v) is 5.98. The molecule has 0 fully saturated rings. The van der Waals surface area contributed by atoms with Crippen molar-refractivity contribution in [3.63, 3.8) is 0 Å². The summed E-state index contributed by atoms with van der Waals surface area (Å²) in [6.45, 7) is 2.79. The van der Waals surface area contributed by atoms with Gasteiger partial charge in [-0.05, 0) is 12.0 Å². The molecule has 0 aliphatic carbocycles. The molecule has 1 rings (SSSR count). The number of nitriles is 1. The van der Waals surface area contributed by atoms with Gasteiger partial charge in [0.1, 0.15) is 0 Å². The Morgan fingerprint density at radius 2 is 2.06 bits per heavy atom. The molecule has 0 aromatic heterocycles. The molecule has 0 aliphatic heterocycles. The summed E-state index contributed by atoms with van der Waals surface area (Å²) < 4.78 is 5.16. The molecule has 2 unspecified atom stereocenters. The summed E-state index contributed by atoms with van der Waals surface area (Å²) >= 11 is 0. The third-order valence-electron chi connectivity index (χ3n) is 2.79. The van der Waals surface area contributed by atoms with E-state index in [9.17, 15) is 0 Å². The average Bonchev–Trinajstić information content (AvgIpc) is 2.38. The number of hydrogen-bond acceptors (Lipinski definition) is 3. The van der Waals surface area contributed by atoms with E-state index in [4.69, 9.17) is 10.00 Å². The van der Waals surface area contributed by atoms with Crippen molar-refractivity contribution >= 4 is 0 Å². The quantitative estimate of drug-likeness (QED) is 0.786. The molecule has 0 heterocycles. The highest BCUT2D eigenvalue weighted by Crippen LogP contribution is 2.17. The molecular weight excluding hydrogens is 212 g/mol. The van der Waals surface area contributed by atoms with Crippen LogP contribution in [0.4, 0.5) is 0 Å². The number of rotatable bonds is 7. The van der Waals surface area contributed by atoms with Gasteiger partial charge in [0.25, 0.3) is 0 Å². The van der Waals surface area contributed by atoms with E-state index in [1.54, 1.807) is 7.11 Å². The van der Waals surface area contributed by atoms with Crippen molar-refractivity contribution in [2.24, 2.45) is 0 Å². The zero-order valence-electron chi connectivity index (χ0n) is 10.5. The van der Waals surface area contributed by atoms with E-state index >= 15 is 0 Å². The Kier molecular flexibility index (Phi) is 6.31. The van der Waals surface area contributed by atoms with Gasteiger partial charge < -0.3 is 10.1 Å². The number of hydrogen-bond donors (Lipinski definition) is 1. The fourth-order valence-corrected chi connectivity index (χ4v) is 1.82. The van der Waals surface area contributed by atoms with Gasteiger partial charge in [-0.25, -0.2) is 0 Å². The average molecular weight is 232 g/mol. The van der Waals surface area contributed by atoms with Gasteiger partial charge in [0.05, 0.1) is 19.1 Å². The van der Waals surface area contributed by atoms with Gasteiger partial charge >= 0.3 is 0 Å². The summed E-state index contributed by atoms with van der Waals surface area (Å²) in [4.78, 5) is 0. The first-order chi connectivity index (χ1) is 8.31. The molecule has 2 atom stereocenters. The number of nitrogens with one attached hydrogen (secondary N) is 1. The van der Waals surface area contributed by atoms with E-state index in [1.165, 1.54) is 0 Å². The predicted molar refractivity (Wildman–Crippen MR) is 68.5 cm³/mol. The van der Waals surface area contributed by atoms with Crippen LogP contribution in [-0.4, -0.2) is 19.8 Å². The largest absolute Gasteiger partial charge is 0.383 e. The SMILES string of the molecule is CCC(COC)NC(CC#N)c1ccccc1. The van der Waals surface area contributed by atoms with Crippen LogP contribution in [0.2, 0.25) is 0 Å². The topological polar surface area (TPSA) is 45.0 Å². The van der Waals surface area contributed by atoms with E-state index in [2.05, 4.69) is 30.4 Å². The summed E-state index contributed by atoms with van der Waals surface area (Å²) in [7, 11) is 1.70. The van der Waals surface area contributed by atoms with Gasteiger partial charge in [-0.2, -0.15) is 5.26 Å². The van der Waals surface area contributed by atoms with Gasteiger partial charge in [0.15, 0.2) is 0 Å². The van der Waals surface area contributed by atoms with Gasteiger partial charge in [-0.1, -0.05) is 37.3 Å². The minimum atomic E-state index is 0.0845. The van der Waals surface area contributed by atoms with Crippen LogP contribution in [0.1, 0.15) is 31.4 Å². The molecule has 0 spiro atoms. The smallest absolute Gasteiger partial charge is 0.0641 e. The van der Waals surface area contributed by atoms with Crippen LogP contribution < -0.4 is 5.32 Å². The predicted octanol–water partition coefficient (Wildman–Crippen LogP) is 2.66. The van der Waals surface area contributed by atoms with E-state index < -0.39 is 0 Å². The number of nitrogens with zero attached hydrogens (tertiary/aromatic N) is 1. The normalized spacial score (nSPS) is 13.9. The Morgan fingerprint density at radius 1 is 1.35 bits per heavy atom. The van der Waals surface area contributed by atoms with Crippen molar-refractivity contribution in [2.75, 3.05) is 13.7 Å². The lowest BCUT2D eigenvalue weighted by atomic mass is 10.0. The fraction of sp³-hybridized carbons (Fsp3) is 0.500. The van der Waals surface area contributed by atoms with E-state index in [0.717, 1.165) is 12.0 Å². The van der Waals surface area contributed by atoms with Gasteiger partial charge in [0.2, 0.25) is 0 Å². The summed E-state index contributed by atoms with van der Waals surface area (Å²) in [5.74, 6) is 0. The van der Waals surface area contributed by atoms with Gasteiger partial charge in [-0.15, -0.1) is 0 Å². The Morgan fingerprint density at radius 3 is 2.59 bits per heavy atom. The minimum absolute atomic E-state index is 0.0845. The van der Waals surface area contributed by atoms with Crippen molar-refractivity contribution in [1.82, 2.24) is 5.32 Å². The molecule has 1 aromatic carbocycles. The third kappa shape index (κ3) is 4.56. The molecule has 1 N–H and O–H groups in total. The standard InChI is InChI=1S/C14H20N2O/c1-3-13(11-17-2)16-14(9-10-15)12-7-5-4-6-8-12/h4-8,13-14,16H,3,9,11H2,1-2H3. The lowest BCUT2D eigenvalue weighted by Crippen LogP contribution is -2.35. The summed E-state index contributed by atoms with van der Waals surface area (Å²) in [5, 5.41) is 12.4. The molecule has 0 amide bonds. The minimum Gasteiger partial charge on any atom is -0.383 e. The first-order valence-electron chi connectivity index (χ1n) is 5.98. The number of methoxy groups -OCH3 is 1. The van der Waals surface area contributed by atoms with Crippen molar-refractivity contribution < 1.29 is 4.74 Å². The van der Waals surface area contributed by atoms with Crippen molar-refractivity contribution in [3.05, 3.63) is 35.9 Å². The Balaban J connectivity index is 2.69. The molecule has 0 saturated heterocycles. The Hall–Kier alpha value is -1.37. The molecule has 92 valence electrons. The highest BCUT2D eigenvalue weighted by atomic mass is 16.5. The lowest BCUT2D eigenvalue weighted by molar-refractivity contribution is 0.158. The second-order valence-electron chi connectivity index (χ2n) is 4.05. The first kappa shape index (κ1) is 13.7. The van der Waals surface area contributed by atoms with Crippen molar-refractivity contribution in [2.45, 2.75) is 31.8 Å².